The molecule has 1 saturated heterocycles. The Balaban J connectivity index is 1.69. The number of aromatic nitrogens is 4. The lowest BCUT2D eigenvalue weighted by molar-refractivity contribution is -0.119. The van der Waals surface area contributed by atoms with E-state index in [-0.39, 0.29) is 17.9 Å². The fourth-order valence-electron chi connectivity index (χ4n) is 2.30. The first-order chi connectivity index (χ1) is 10.1. The number of rotatable bonds is 3. The summed E-state index contributed by atoms with van der Waals surface area (Å²) in [5.74, 6) is -0.163. The van der Waals surface area contributed by atoms with E-state index in [9.17, 15) is 9.59 Å². The Bertz CT molecular complexity index is 690. The van der Waals surface area contributed by atoms with Gasteiger partial charge in [-0.25, -0.2) is 9.89 Å². The third kappa shape index (κ3) is 2.84. The Labute approximate surface area is 120 Å². The van der Waals surface area contributed by atoms with Crippen molar-refractivity contribution in [3.63, 3.8) is 0 Å². The topological polar surface area (TPSA) is 102 Å². The van der Waals surface area contributed by atoms with Crippen molar-refractivity contribution in [3.05, 3.63) is 34.7 Å². The first kappa shape index (κ1) is 13.5. The van der Waals surface area contributed by atoms with E-state index in [2.05, 4.69) is 20.8 Å². The molecule has 2 unspecified atom stereocenters. The molecule has 1 aromatic carbocycles. The monoisotopic (exact) mass is 289 g/mol. The molecule has 8 heteroatoms. The number of benzene rings is 1. The van der Waals surface area contributed by atoms with Gasteiger partial charge in [-0.15, -0.1) is 0 Å². The molecular formula is C13H15N5O3. The number of carbonyl (C=O) groups excluding carboxylic acids is 1. The highest BCUT2D eigenvalue weighted by Crippen LogP contribution is 2.21. The zero-order chi connectivity index (χ0) is 14.8. The maximum atomic E-state index is 12.1. The zero-order valence-corrected chi connectivity index (χ0v) is 11.4. The van der Waals surface area contributed by atoms with Crippen molar-refractivity contribution in [2.24, 2.45) is 5.92 Å². The smallest absolute Gasteiger partial charge is 0.365 e. The summed E-state index contributed by atoms with van der Waals surface area (Å²) in [5.41, 5.74) is 0.827. The fourth-order valence-corrected chi connectivity index (χ4v) is 2.30. The average molecular weight is 289 g/mol. The molecule has 0 saturated carbocycles. The van der Waals surface area contributed by atoms with E-state index >= 15 is 0 Å². The number of anilines is 1. The standard InChI is InChI=1S/C13H15N5O3/c1-8-6-9(7-21-8)12(19)14-10-2-4-11(5-3-10)18-13(20)15-16-17-18/h2-5,8-9H,6-7H2,1H3,(H,14,19)(H,15,17,20). The van der Waals surface area contributed by atoms with Crippen LogP contribution in [-0.4, -0.2) is 38.8 Å². The van der Waals surface area contributed by atoms with Crippen LogP contribution >= 0.6 is 0 Å². The number of nitrogens with zero attached hydrogens (tertiary/aromatic N) is 3. The van der Waals surface area contributed by atoms with Gasteiger partial charge in [0.25, 0.3) is 0 Å². The maximum Gasteiger partial charge on any atom is 0.365 e. The van der Waals surface area contributed by atoms with E-state index in [4.69, 9.17) is 4.74 Å². The second-order valence-electron chi connectivity index (χ2n) is 5.03. The molecule has 0 bridgehead atoms. The second-order valence-corrected chi connectivity index (χ2v) is 5.03. The maximum absolute atomic E-state index is 12.1. The fraction of sp³-hybridized carbons (Fsp3) is 0.385. The molecule has 0 radical (unpaired) electrons. The van der Waals surface area contributed by atoms with Crippen molar-refractivity contribution >= 4 is 11.6 Å². The summed E-state index contributed by atoms with van der Waals surface area (Å²) in [6.45, 7) is 2.41. The number of hydrogen-bond acceptors (Lipinski definition) is 5. The molecular weight excluding hydrogens is 274 g/mol. The number of H-pyrrole nitrogens is 1. The minimum Gasteiger partial charge on any atom is -0.378 e. The second kappa shape index (κ2) is 5.49. The van der Waals surface area contributed by atoms with Crippen LogP contribution in [0.2, 0.25) is 0 Å². The van der Waals surface area contributed by atoms with Gasteiger partial charge < -0.3 is 10.1 Å². The minimum atomic E-state index is -0.413. The third-order valence-corrected chi connectivity index (χ3v) is 3.42. The Morgan fingerprint density at radius 1 is 1.43 bits per heavy atom. The van der Waals surface area contributed by atoms with Crippen molar-refractivity contribution in [1.29, 1.82) is 0 Å². The summed E-state index contributed by atoms with van der Waals surface area (Å²) in [6, 6.07) is 6.81. The lowest BCUT2D eigenvalue weighted by atomic mass is 10.1. The zero-order valence-electron chi connectivity index (χ0n) is 11.4. The Morgan fingerprint density at radius 2 is 2.19 bits per heavy atom. The number of ether oxygens (including phenoxy) is 1. The number of tetrazole rings is 1. The van der Waals surface area contributed by atoms with E-state index in [1.807, 2.05) is 6.92 Å². The number of aromatic amines is 1. The minimum absolute atomic E-state index is 0.0503. The van der Waals surface area contributed by atoms with Gasteiger partial charge in [-0.1, -0.05) is 0 Å². The predicted octanol–water partition coefficient (Wildman–Crippen LogP) is 0.319. The Morgan fingerprint density at radius 3 is 2.76 bits per heavy atom. The molecule has 2 aromatic rings. The molecule has 2 atom stereocenters. The van der Waals surface area contributed by atoms with Gasteiger partial charge in [-0.3, -0.25) is 4.79 Å². The van der Waals surface area contributed by atoms with Gasteiger partial charge in [0, 0.05) is 5.69 Å². The van der Waals surface area contributed by atoms with Crippen molar-refractivity contribution in [2.45, 2.75) is 19.4 Å². The molecule has 1 amide bonds. The first-order valence-electron chi connectivity index (χ1n) is 6.67. The molecule has 1 aliphatic rings. The summed E-state index contributed by atoms with van der Waals surface area (Å²) >= 11 is 0. The largest absolute Gasteiger partial charge is 0.378 e. The first-order valence-corrected chi connectivity index (χ1v) is 6.67. The molecule has 3 rings (SSSR count). The normalized spacial score (nSPS) is 21.4. The van der Waals surface area contributed by atoms with E-state index < -0.39 is 5.69 Å². The Kier molecular flexibility index (Phi) is 3.53. The van der Waals surface area contributed by atoms with Crippen LogP contribution in [0, 0.1) is 5.92 Å². The third-order valence-electron chi connectivity index (χ3n) is 3.42. The molecule has 2 N–H and O–H groups in total. The Hall–Kier alpha value is -2.48. The molecule has 110 valence electrons. The van der Waals surface area contributed by atoms with Crippen LogP contribution in [0.15, 0.2) is 29.1 Å². The van der Waals surface area contributed by atoms with Crippen molar-refractivity contribution in [1.82, 2.24) is 20.2 Å². The van der Waals surface area contributed by atoms with E-state index in [0.29, 0.717) is 18.0 Å². The van der Waals surface area contributed by atoms with Crippen LogP contribution in [0.1, 0.15) is 13.3 Å². The van der Waals surface area contributed by atoms with Crippen molar-refractivity contribution in [3.8, 4) is 5.69 Å². The summed E-state index contributed by atoms with van der Waals surface area (Å²) in [6.07, 6.45) is 0.861. The SMILES string of the molecule is CC1CC(C(=O)Nc2ccc(-n3nn[nH]c3=O)cc2)CO1. The van der Waals surface area contributed by atoms with Gasteiger partial charge in [0.1, 0.15) is 0 Å². The molecule has 21 heavy (non-hydrogen) atoms. The number of amides is 1. The van der Waals surface area contributed by atoms with Crippen LogP contribution in [0.3, 0.4) is 0 Å². The van der Waals surface area contributed by atoms with Gasteiger partial charge in [0.05, 0.1) is 24.3 Å². The summed E-state index contributed by atoms with van der Waals surface area (Å²) in [7, 11) is 0. The van der Waals surface area contributed by atoms with Gasteiger partial charge in [0.2, 0.25) is 5.91 Å². The molecule has 0 aliphatic carbocycles. The number of carbonyl (C=O) groups is 1. The van der Waals surface area contributed by atoms with E-state index in [1.54, 1.807) is 24.3 Å². The number of nitrogens with one attached hydrogen (secondary N) is 2. The van der Waals surface area contributed by atoms with E-state index in [0.717, 1.165) is 11.1 Å². The van der Waals surface area contributed by atoms with Crippen molar-refractivity contribution < 1.29 is 9.53 Å². The lowest BCUT2D eigenvalue weighted by Crippen LogP contribution is -2.23. The summed E-state index contributed by atoms with van der Waals surface area (Å²) in [5, 5.41) is 12.1. The molecule has 1 aliphatic heterocycles. The van der Waals surface area contributed by atoms with Crippen LogP contribution in [0.25, 0.3) is 5.69 Å². The highest BCUT2D eigenvalue weighted by molar-refractivity contribution is 5.92. The quantitative estimate of drug-likeness (QED) is 0.847. The van der Waals surface area contributed by atoms with Crippen LogP contribution in [0.5, 0.6) is 0 Å². The van der Waals surface area contributed by atoms with Crippen LogP contribution in [-0.2, 0) is 9.53 Å². The molecule has 0 spiro atoms. The highest BCUT2D eigenvalue weighted by Gasteiger charge is 2.28. The van der Waals surface area contributed by atoms with Crippen LogP contribution < -0.4 is 11.0 Å². The highest BCUT2D eigenvalue weighted by atomic mass is 16.5. The van der Waals surface area contributed by atoms with Gasteiger partial charge in [0.15, 0.2) is 0 Å². The molecule has 8 nitrogen and oxygen atoms in total. The van der Waals surface area contributed by atoms with Gasteiger partial charge >= 0.3 is 5.69 Å². The summed E-state index contributed by atoms with van der Waals surface area (Å²) in [4.78, 5) is 23.4. The molecule has 2 heterocycles. The summed E-state index contributed by atoms with van der Waals surface area (Å²) < 4.78 is 6.52. The van der Waals surface area contributed by atoms with E-state index in [1.165, 1.54) is 0 Å². The van der Waals surface area contributed by atoms with Crippen LogP contribution in [0.4, 0.5) is 5.69 Å². The lowest BCUT2D eigenvalue weighted by Gasteiger charge is -2.09. The number of hydrogen-bond donors (Lipinski definition) is 2. The van der Waals surface area contributed by atoms with Gasteiger partial charge in [-0.05, 0) is 48.0 Å². The van der Waals surface area contributed by atoms with Gasteiger partial charge in [-0.2, -0.15) is 4.68 Å². The predicted molar refractivity (Wildman–Crippen MR) is 74.1 cm³/mol. The molecule has 1 fully saturated rings. The average Bonchev–Trinajstić information content (AvgIpc) is 3.08. The van der Waals surface area contributed by atoms with Crippen molar-refractivity contribution in [2.75, 3.05) is 11.9 Å². The molecule has 1 aromatic heterocycles.